The van der Waals surface area contributed by atoms with E-state index in [4.69, 9.17) is 5.11 Å². The van der Waals surface area contributed by atoms with E-state index in [1.165, 1.54) is 12.8 Å². The Hall–Kier alpha value is -0.610. The fraction of sp³-hybridized carbons (Fsp3) is 0.917. The molecule has 0 aromatic heterocycles. The van der Waals surface area contributed by atoms with Crippen molar-refractivity contribution < 1.29 is 9.90 Å². The summed E-state index contributed by atoms with van der Waals surface area (Å²) < 4.78 is 0. The average Bonchev–Trinajstić information content (AvgIpc) is 2.30. The summed E-state index contributed by atoms with van der Waals surface area (Å²) in [6.07, 6.45) is 6.99. The van der Waals surface area contributed by atoms with Crippen LogP contribution in [0.1, 0.15) is 44.9 Å². The second-order valence-corrected chi connectivity index (χ2v) is 4.49. The monoisotopic (exact) mass is 228 g/mol. The van der Waals surface area contributed by atoms with E-state index in [-0.39, 0.29) is 12.5 Å². The van der Waals surface area contributed by atoms with Crippen molar-refractivity contribution in [1.82, 2.24) is 10.6 Å². The van der Waals surface area contributed by atoms with Crippen molar-refractivity contribution in [3.8, 4) is 0 Å². The van der Waals surface area contributed by atoms with Gasteiger partial charge < -0.3 is 15.7 Å². The van der Waals surface area contributed by atoms with Crippen molar-refractivity contribution >= 4 is 5.91 Å². The maximum Gasteiger partial charge on any atom is 0.221 e. The van der Waals surface area contributed by atoms with E-state index in [1.807, 2.05) is 0 Å². The van der Waals surface area contributed by atoms with Crippen molar-refractivity contribution in [2.45, 2.75) is 51.0 Å². The van der Waals surface area contributed by atoms with Crippen molar-refractivity contribution in [2.24, 2.45) is 0 Å². The third kappa shape index (κ3) is 6.08. The molecule has 0 aromatic carbocycles. The topological polar surface area (TPSA) is 61.4 Å². The molecule has 1 heterocycles. The van der Waals surface area contributed by atoms with Crippen LogP contribution in [0.15, 0.2) is 0 Å². The van der Waals surface area contributed by atoms with Crippen LogP contribution in [-0.4, -0.2) is 36.8 Å². The van der Waals surface area contributed by atoms with Gasteiger partial charge in [0.05, 0.1) is 0 Å². The molecule has 1 saturated heterocycles. The molecule has 3 N–H and O–H groups in total. The van der Waals surface area contributed by atoms with Gasteiger partial charge >= 0.3 is 0 Å². The zero-order valence-electron chi connectivity index (χ0n) is 10.0. The molecular formula is C12H24N2O2. The van der Waals surface area contributed by atoms with Crippen LogP contribution < -0.4 is 10.6 Å². The Morgan fingerprint density at radius 1 is 1.31 bits per heavy atom. The lowest BCUT2D eigenvalue weighted by Gasteiger charge is -2.22. The van der Waals surface area contributed by atoms with Crippen molar-refractivity contribution in [2.75, 3.05) is 19.7 Å². The van der Waals surface area contributed by atoms with Crippen molar-refractivity contribution in [3.63, 3.8) is 0 Å². The lowest BCUT2D eigenvalue weighted by atomic mass is 10.0. The van der Waals surface area contributed by atoms with Gasteiger partial charge in [-0.25, -0.2) is 0 Å². The van der Waals surface area contributed by atoms with Crippen LogP contribution in [0, 0.1) is 0 Å². The number of aliphatic hydroxyl groups excluding tert-OH is 1. The molecule has 0 spiro atoms. The highest BCUT2D eigenvalue weighted by molar-refractivity contribution is 5.76. The quantitative estimate of drug-likeness (QED) is 0.565. The average molecular weight is 228 g/mol. The normalized spacial score (nSPS) is 20.7. The van der Waals surface area contributed by atoms with Crippen LogP contribution in [0.4, 0.5) is 0 Å². The highest BCUT2D eigenvalue weighted by atomic mass is 16.2. The van der Waals surface area contributed by atoms with E-state index < -0.39 is 0 Å². The zero-order valence-corrected chi connectivity index (χ0v) is 10.0. The third-order valence-corrected chi connectivity index (χ3v) is 3.00. The molecule has 94 valence electrons. The summed E-state index contributed by atoms with van der Waals surface area (Å²) in [5, 5.41) is 14.9. The molecule has 0 bridgehead atoms. The molecule has 0 saturated carbocycles. The van der Waals surface area contributed by atoms with E-state index >= 15 is 0 Å². The number of amides is 1. The summed E-state index contributed by atoms with van der Waals surface area (Å²) in [6.45, 7) is 2.04. The Labute approximate surface area is 97.8 Å². The van der Waals surface area contributed by atoms with E-state index in [9.17, 15) is 4.79 Å². The maximum absolute atomic E-state index is 11.5. The van der Waals surface area contributed by atoms with E-state index in [2.05, 4.69) is 10.6 Å². The Balaban J connectivity index is 1.97. The first-order chi connectivity index (χ1) is 7.83. The number of piperidine rings is 1. The summed E-state index contributed by atoms with van der Waals surface area (Å²) in [5.74, 6) is 0.156. The maximum atomic E-state index is 11.5. The van der Waals surface area contributed by atoms with E-state index in [1.54, 1.807) is 0 Å². The first-order valence-electron chi connectivity index (χ1n) is 6.44. The number of hydrogen-bond donors (Lipinski definition) is 3. The highest BCUT2D eigenvalue weighted by Crippen LogP contribution is 2.09. The number of hydrogen-bond acceptors (Lipinski definition) is 3. The molecule has 0 aliphatic carbocycles. The number of carbonyl (C=O) groups is 1. The van der Waals surface area contributed by atoms with Crippen molar-refractivity contribution in [1.29, 1.82) is 0 Å². The van der Waals surface area contributed by atoms with Gasteiger partial charge in [-0.1, -0.05) is 6.42 Å². The molecule has 1 rings (SSSR count). The number of rotatable bonds is 7. The van der Waals surface area contributed by atoms with Gasteiger partial charge in [0.15, 0.2) is 0 Å². The van der Waals surface area contributed by atoms with Gasteiger partial charge in [0.2, 0.25) is 5.91 Å². The second-order valence-electron chi connectivity index (χ2n) is 4.49. The predicted molar refractivity (Wildman–Crippen MR) is 64.2 cm³/mol. The predicted octanol–water partition coefficient (Wildman–Crippen LogP) is 0.797. The zero-order chi connectivity index (χ0) is 11.6. The molecule has 1 aliphatic heterocycles. The van der Waals surface area contributed by atoms with Gasteiger partial charge in [0.25, 0.3) is 0 Å². The lowest BCUT2D eigenvalue weighted by molar-refractivity contribution is -0.121. The molecule has 4 heteroatoms. The summed E-state index contributed by atoms with van der Waals surface area (Å²) in [7, 11) is 0. The minimum Gasteiger partial charge on any atom is -0.396 e. The first-order valence-corrected chi connectivity index (χ1v) is 6.44. The lowest BCUT2D eigenvalue weighted by Crippen LogP contribution is -2.38. The second kappa shape index (κ2) is 8.53. The number of aliphatic hydroxyl groups is 1. The fourth-order valence-corrected chi connectivity index (χ4v) is 2.04. The van der Waals surface area contributed by atoms with Crippen LogP contribution in [-0.2, 0) is 4.79 Å². The smallest absolute Gasteiger partial charge is 0.221 e. The van der Waals surface area contributed by atoms with Gasteiger partial charge in [-0.3, -0.25) is 4.79 Å². The number of unbranched alkanes of at least 4 members (excludes halogenated alkanes) is 2. The third-order valence-electron chi connectivity index (χ3n) is 3.00. The SMILES string of the molecule is O=C(CC1CCCCN1)NCCCCCO. The molecule has 0 radical (unpaired) electrons. The van der Waals surface area contributed by atoms with E-state index in [0.29, 0.717) is 12.5 Å². The van der Waals surface area contributed by atoms with Crippen LogP contribution in [0.5, 0.6) is 0 Å². The highest BCUT2D eigenvalue weighted by Gasteiger charge is 2.15. The summed E-state index contributed by atoms with van der Waals surface area (Å²) >= 11 is 0. The molecule has 16 heavy (non-hydrogen) atoms. The van der Waals surface area contributed by atoms with E-state index in [0.717, 1.165) is 38.8 Å². The molecular weight excluding hydrogens is 204 g/mol. The summed E-state index contributed by atoms with van der Waals surface area (Å²) in [5.41, 5.74) is 0. The first kappa shape index (κ1) is 13.5. The Bertz CT molecular complexity index is 191. The molecule has 1 atom stereocenters. The fourth-order valence-electron chi connectivity index (χ4n) is 2.04. The van der Waals surface area contributed by atoms with Gasteiger partial charge in [0, 0.05) is 25.6 Å². The Morgan fingerprint density at radius 2 is 2.19 bits per heavy atom. The molecule has 1 fully saturated rings. The van der Waals surface area contributed by atoms with Gasteiger partial charge in [0.1, 0.15) is 0 Å². The van der Waals surface area contributed by atoms with Crippen LogP contribution in [0.25, 0.3) is 0 Å². The van der Waals surface area contributed by atoms with Crippen LogP contribution in [0.2, 0.25) is 0 Å². The Kier molecular flexibility index (Phi) is 7.17. The molecule has 0 aromatic rings. The minimum atomic E-state index is 0.156. The molecule has 1 amide bonds. The van der Waals surface area contributed by atoms with Crippen molar-refractivity contribution in [3.05, 3.63) is 0 Å². The number of nitrogens with one attached hydrogen (secondary N) is 2. The summed E-state index contributed by atoms with van der Waals surface area (Å²) in [4.78, 5) is 11.5. The molecule has 1 aliphatic rings. The number of carbonyl (C=O) groups excluding carboxylic acids is 1. The van der Waals surface area contributed by atoms with Gasteiger partial charge in [-0.05, 0) is 38.6 Å². The minimum absolute atomic E-state index is 0.156. The van der Waals surface area contributed by atoms with Gasteiger partial charge in [-0.15, -0.1) is 0 Å². The molecule has 4 nitrogen and oxygen atoms in total. The molecule has 1 unspecified atom stereocenters. The van der Waals surface area contributed by atoms with Crippen LogP contribution in [0.3, 0.4) is 0 Å². The van der Waals surface area contributed by atoms with Gasteiger partial charge in [-0.2, -0.15) is 0 Å². The van der Waals surface area contributed by atoms with Crippen LogP contribution >= 0.6 is 0 Å². The standard InChI is InChI=1S/C12H24N2O2/c15-9-5-1-3-8-14-12(16)10-11-6-2-4-7-13-11/h11,13,15H,1-10H2,(H,14,16). The summed E-state index contributed by atoms with van der Waals surface area (Å²) in [6, 6.07) is 0.381. The Morgan fingerprint density at radius 3 is 2.88 bits per heavy atom. The largest absolute Gasteiger partial charge is 0.396 e.